The van der Waals surface area contributed by atoms with Crippen LogP contribution in [0.4, 0.5) is 0 Å². The lowest BCUT2D eigenvalue weighted by atomic mass is 9.38. The Balaban J connectivity index is 1.57. The standard InChI is InChI=1S/C25H35O13P/c1-10-6-13(26)19(29)23(5)12(10)7-14-24-9-35-25(31,21(23)24)18(28)11(2)16(24)17(20(30)36-14)37-15(27)8-22(3,4)38-39(32,33)34/h6,11-12,14,16-19,21,28-29,31H,7-9H2,1-5H3,(H2,32,33,34)/t11-,12+,14-,16-,17-,18-,19-,21-,23-,24+,25+/m1/s1. The molecule has 5 N–H and O–H groups in total. The normalized spacial score (nSPS) is 47.1. The summed E-state index contributed by atoms with van der Waals surface area (Å²) in [4.78, 5) is 57.5. The van der Waals surface area contributed by atoms with E-state index >= 15 is 0 Å². The molecule has 4 fully saturated rings. The van der Waals surface area contributed by atoms with Gasteiger partial charge in [-0.05, 0) is 45.1 Å². The smallest absolute Gasteiger partial charge is 0.459 e. The molecule has 13 nitrogen and oxygen atoms in total. The van der Waals surface area contributed by atoms with Gasteiger partial charge in [-0.3, -0.25) is 14.1 Å². The van der Waals surface area contributed by atoms with E-state index in [9.17, 15) is 34.3 Å². The summed E-state index contributed by atoms with van der Waals surface area (Å²) < 4.78 is 33.3. The minimum Gasteiger partial charge on any atom is -0.459 e. The van der Waals surface area contributed by atoms with Gasteiger partial charge in [-0.2, -0.15) is 0 Å². The maximum absolute atomic E-state index is 13.4. The number of aliphatic hydroxyl groups is 3. The van der Waals surface area contributed by atoms with Gasteiger partial charge in [0.05, 0.1) is 18.6 Å². The van der Waals surface area contributed by atoms with Crippen LogP contribution < -0.4 is 0 Å². The highest BCUT2D eigenvalue weighted by Gasteiger charge is 2.83. The van der Waals surface area contributed by atoms with Crippen LogP contribution in [-0.2, 0) is 37.7 Å². The number of ketones is 1. The Morgan fingerprint density at radius 3 is 2.51 bits per heavy atom. The van der Waals surface area contributed by atoms with Crippen molar-refractivity contribution in [1.82, 2.24) is 0 Å². The first-order chi connectivity index (χ1) is 17.8. The van der Waals surface area contributed by atoms with Gasteiger partial charge in [0, 0.05) is 22.7 Å². The summed E-state index contributed by atoms with van der Waals surface area (Å²) in [6.07, 6.45) is -4.57. The number of fused-ring (bicyclic) bond motifs is 1. The second kappa shape index (κ2) is 8.65. The van der Waals surface area contributed by atoms with Crippen LogP contribution in [0.25, 0.3) is 0 Å². The molecule has 2 bridgehead atoms. The van der Waals surface area contributed by atoms with E-state index in [1.807, 2.05) is 0 Å². The van der Waals surface area contributed by atoms with E-state index in [0.717, 1.165) is 0 Å². The van der Waals surface area contributed by atoms with Crippen LogP contribution in [0, 0.1) is 34.5 Å². The quantitative estimate of drug-likeness (QED) is 0.216. The number of allylic oxidation sites excluding steroid dienone is 1. The van der Waals surface area contributed by atoms with Crippen molar-refractivity contribution in [2.24, 2.45) is 34.5 Å². The highest BCUT2D eigenvalue weighted by molar-refractivity contribution is 7.46. The molecule has 2 aliphatic heterocycles. The monoisotopic (exact) mass is 574 g/mol. The number of aliphatic hydroxyl groups excluding tert-OH is 2. The molecule has 0 unspecified atom stereocenters. The molecule has 0 aromatic carbocycles. The van der Waals surface area contributed by atoms with Crippen molar-refractivity contribution < 1.29 is 62.8 Å². The Morgan fingerprint density at radius 1 is 1.26 bits per heavy atom. The average molecular weight is 575 g/mol. The molecular weight excluding hydrogens is 539 g/mol. The third-order valence-corrected chi connectivity index (χ3v) is 10.6. The molecule has 0 amide bonds. The third kappa shape index (κ3) is 3.93. The molecule has 1 spiro atoms. The number of carbonyl (C=O) groups is 3. The molecule has 5 rings (SSSR count). The van der Waals surface area contributed by atoms with Crippen LogP contribution in [-0.4, -0.2) is 85.2 Å². The Labute approximate surface area is 224 Å². The lowest BCUT2D eigenvalue weighted by Gasteiger charge is -2.68. The third-order valence-electron chi connectivity index (χ3n) is 9.83. The van der Waals surface area contributed by atoms with Crippen LogP contribution >= 0.6 is 7.82 Å². The van der Waals surface area contributed by atoms with E-state index < -0.39 is 102 Å². The van der Waals surface area contributed by atoms with E-state index in [2.05, 4.69) is 4.52 Å². The molecule has 0 radical (unpaired) electrons. The first-order valence-electron chi connectivity index (χ1n) is 12.9. The van der Waals surface area contributed by atoms with Gasteiger partial charge in [0.1, 0.15) is 18.3 Å². The molecule has 218 valence electrons. The molecule has 3 aliphatic carbocycles. The molecule has 5 aliphatic rings. The molecule has 2 heterocycles. The maximum Gasteiger partial charge on any atom is 0.470 e. The summed E-state index contributed by atoms with van der Waals surface area (Å²) in [5.74, 6) is -7.96. The molecule has 11 atom stereocenters. The summed E-state index contributed by atoms with van der Waals surface area (Å²) in [5.41, 5.74) is -3.54. The summed E-state index contributed by atoms with van der Waals surface area (Å²) in [5, 5.41) is 34.5. The molecule has 0 aromatic heterocycles. The lowest BCUT2D eigenvalue weighted by Crippen LogP contribution is -2.78. The molecule has 39 heavy (non-hydrogen) atoms. The average Bonchev–Trinajstić information content (AvgIpc) is 3.07. The first-order valence-corrected chi connectivity index (χ1v) is 14.4. The van der Waals surface area contributed by atoms with Gasteiger partial charge >= 0.3 is 19.8 Å². The van der Waals surface area contributed by atoms with E-state index in [0.29, 0.717) is 5.57 Å². The lowest BCUT2D eigenvalue weighted by molar-refractivity contribution is -0.340. The van der Waals surface area contributed by atoms with E-state index in [-0.39, 0.29) is 13.0 Å². The fourth-order valence-electron chi connectivity index (χ4n) is 8.62. The number of carbonyl (C=O) groups excluding carboxylic acids is 3. The molecule has 0 aromatic rings. The van der Waals surface area contributed by atoms with E-state index in [1.165, 1.54) is 19.9 Å². The van der Waals surface area contributed by atoms with Gasteiger partial charge in [0.25, 0.3) is 0 Å². The Bertz CT molecular complexity index is 1190. The van der Waals surface area contributed by atoms with Crippen LogP contribution in [0.15, 0.2) is 11.6 Å². The number of hydrogen-bond donors (Lipinski definition) is 5. The van der Waals surface area contributed by atoms with Gasteiger partial charge in [-0.15, -0.1) is 0 Å². The highest BCUT2D eigenvalue weighted by Crippen LogP contribution is 2.73. The summed E-state index contributed by atoms with van der Waals surface area (Å²) in [6, 6.07) is 0. The number of hydrogen-bond acceptors (Lipinski definition) is 11. The van der Waals surface area contributed by atoms with Crippen molar-refractivity contribution in [3.63, 3.8) is 0 Å². The number of phosphoric acid groups is 1. The van der Waals surface area contributed by atoms with Gasteiger partial charge < -0.3 is 39.3 Å². The first kappa shape index (κ1) is 28.8. The number of ether oxygens (including phenoxy) is 3. The van der Waals surface area contributed by atoms with E-state index in [4.69, 9.17) is 24.0 Å². The maximum atomic E-state index is 13.4. The zero-order chi connectivity index (χ0) is 29.1. The van der Waals surface area contributed by atoms with Crippen LogP contribution in [0.3, 0.4) is 0 Å². The van der Waals surface area contributed by atoms with Crippen LogP contribution in [0.1, 0.15) is 47.5 Å². The topological polar surface area (TPSA) is 206 Å². The predicted octanol–water partition coefficient (Wildman–Crippen LogP) is -0.0341. The van der Waals surface area contributed by atoms with Crippen LogP contribution in [0.2, 0.25) is 0 Å². The SMILES string of the molecule is CC1=CC(=O)[C@@H](O)[C@]2(C)[C@H]3[C@@]4(O)OC[C@]35[C@H]([C@@H](C)[C@H]4O)[C@@H](OC(=O)CC(C)(C)OP(=O)(O)O)C(=O)O[C@@H]5C[C@@H]12. The second-order valence-corrected chi connectivity index (χ2v) is 13.8. The second-order valence-electron chi connectivity index (χ2n) is 12.6. The fraction of sp³-hybridized carbons (Fsp3) is 0.800. The van der Waals surface area contributed by atoms with E-state index in [1.54, 1.807) is 20.8 Å². The summed E-state index contributed by atoms with van der Waals surface area (Å²) in [6.45, 7) is 7.34. The molecule has 2 saturated heterocycles. The summed E-state index contributed by atoms with van der Waals surface area (Å²) in [7, 11) is -4.94. The van der Waals surface area contributed by atoms with Gasteiger partial charge in [-0.1, -0.05) is 19.4 Å². The van der Waals surface area contributed by atoms with Gasteiger partial charge in [-0.25, -0.2) is 9.36 Å². The zero-order valence-electron chi connectivity index (χ0n) is 22.3. The summed E-state index contributed by atoms with van der Waals surface area (Å²) >= 11 is 0. The van der Waals surface area contributed by atoms with Gasteiger partial charge in [0.2, 0.25) is 6.10 Å². The van der Waals surface area contributed by atoms with Crippen LogP contribution in [0.5, 0.6) is 0 Å². The minimum absolute atomic E-state index is 0.189. The number of rotatable bonds is 5. The van der Waals surface area contributed by atoms with Crippen molar-refractivity contribution in [2.75, 3.05) is 6.61 Å². The van der Waals surface area contributed by atoms with Crippen molar-refractivity contribution in [3.8, 4) is 0 Å². The zero-order valence-corrected chi connectivity index (χ0v) is 23.2. The number of phosphoric ester groups is 1. The highest BCUT2D eigenvalue weighted by atomic mass is 31.2. The Hall–Kier alpha value is -1.70. The van der Waals surface area contributed by atoms with Gasteiger partial charge in [0.15, 0.2) is 11.6 Å². The van der Waals surface area contributed by atoms with Crippen molar-refractivity contribution in [3.05, 3.63) is 11.6 Å². The molecule has 2 saturated carbocycles. The van der Waals surface area contributed by atoms with Crippen molar-refractivity contribution >= 4 is 25.5 Å². The molecular formula is C25H35O13P. The number of esters is 2. The Kier molecular flexibility index (Phi) is 6.39. The fourth-order valence-corrected chi connectivity index (χ4v) is 9.33. The van der Waals surface area contributed by atoms with Crippen molar-refractivity contribution in [1.29, 1.82) is 0 Å². The Morgan fingerprint density at radius 2 is 1.90 bits per heavy atom. The minimum atomic E-state index is -4.94. The molecule has 14 heteroatoms. The predicted molar refractivity (Wildman–Crippen MR) is 128 cm³/mol. The van der Waals surface area contributed by atoms with Crippen molar-refractivity contribution in [2.45, 2.75) is 83.3 Å². The largest absolute Gasteiger partial charge is 0.470 e.